The Kier molecular flexibility index (Phi) is 32.6. The number of hydrogen-bond acceptors (Lipinski definition) is 4. The molecule has 0 aromatic heterocycles. The molecule has 0 aliphatic heterocycles. The summed E-state index contributed by atoms with van der Waals surface area (Å²) in [7, 11) is 0. The summed E-state index contributed by atoms with van der Waals surface area (Å²) < 4.78 is 17.1. The molecule has 0 rings (SSSR count). The van der Waals surface area contributed by atoms with E-state index in [0.29, 0.717) is 13.2 Å². The summed E-state index contributed by atoms with van der Waals surface area (Å²) in [5.74, 6) is -0.517. The lowest BCUT2D eigenvalue weighted by Gasteiger charge is -2.18. The number of carbonyl (C=O) groups is 1. The van der Waals surface area contributed by atoms with Gasteiger partial charge in [-0.15, -0.1) is 11.6 Å². The average molecular weight is 561 g/mol. The van der Waals surface area contributed by atoms with E-state index in [9.17, 15) is 4.79 Å². The van der Waals surface area contributed by atoms with Crippen LogP contribution in [0.5, 0.6) is 0 Å². The summed E-state index contributed by atoms with van der Waals surface area (Å²) in [6, 6.07) is 0. The van der Waals surface area contributed by atoms with Crippen molar-refractivity contribution in [3.63, 3.8) is 0 Å². The molecule has 1 unspecified atom stereocenters. The zero-order chi connectivity index (χ0) is 27.8. The molecule has 228 valence electrons. The highest BCUT2D eigenvalue weighted by Crippen LogP contribution is 2.13. The smallest absolute Gasteiger partial charge is 0.320 e. The van der Waals surface area contributed by atoms with Gasteiger partial charge in [0, 0.05) is 13.2 Å². The predicted molar refractivity (Wildman–Crippen MR) is 164 cm³/mol. The van der Waals surface area contributed by atoms with Gasteiger partial charge < -0.3 is 14.2 Å². The highest BCUT2D eigenvalue weighted by Gasteiger charge is 2.13. The van der Waals surface area contributed by atoms with Gasteiger partial charge in [-0.2, -0.15) is 0 Å². The fraction of sp³-hybridized carbons (Fsp3) is 0.970. The molecule has 1 atom stereocenters. The van der Waals surface area contributed by atoms with Crippen molar-refractivity contribution < 1.29 is 19.0 Å². The number of ether oxygens (including phenoxy) is 3. The summed E-state index contributed by atoms with van der Waals surface area (Å²) in [6.07, 6.45) is 31.8. The Morgan fingerprint density at radius 3 is 1.29 bits per heavy atom. The molecule has 0 aromatic rings. The molecule has 0 spiro atoms. The largest absolute Gasteiger partial charge is 0.462 e. The Morgan fingerprint density at radius 2 is 0.895 bits per heavy atom. The monoisotopic (exact) mass is 560 g/mol. The van der Waals surface area contributed by atoms with Crippen LogP contribution in [0, 0.1) is 0 Å². The number of esters is 1. The maximum absolute atomic E-state index is 11.5. The van der Waals surface area contributed by atoms with Crippen molar-refractivity contribution >= 4 is 17.6 Å². The van der Waals surface area contributed by atoms with E-state index >= 15 is 0 Å². The van der Waals surface area contributed by atoms with E-state index in [0.717, 1.165) is 19.4 Å². The number of hydrogen-bond donors (Lipinski definition) is 0. The van der Waals surface area contributed by atoms with E-state index in [2.05, 4.69) is 13.8 Å². The lowest BCUT2D eigenvalue weighted by atomic mass is 10.1. The normalized spacial score (nSPS) is 12.2. The minimum Gasteiger partial charge on any atom is -0.462 e. The first kappa shape index (κ1) is 37.7. The van der Waals surface area contributed by atoms with Crippen molar-refractivity contribution in [3.05, 3.63) is 0 Å². The first-order valence-corrected chi connectivity index (χ1v) is 17.2. The summed E-state index contributed by atoms with van der Waals surface area (Å²) in [5, 5.41) is 0. The van der Waals surface area contributed by atoms with E-state index in [1.54, 1.807) is 0 Å². The Balaban J connectivity index is 3.67. The van der Waals surface area contributed by atoms with Crippen LogP contribution in [0.15, 0.2) is 0 Å². The molecule has 0 saturated heterocycles. The number of alkyl halides is 1. The number of carbonyl (C=O) groups excluding carboxylic acids is 1. The Hall–Kier alpha value is -0.320. The van der Waals surface area contributed by atoms with Crippen molar-refractivity contribution in [3.8, 4) is 0 Å². The van der Waals surface area contributed by atoms with Gasteiger partial charge in [-0.1, -0.05) is 155 Å². The summed E-state index contributed by atoms with van der Waals surface area (Å²) >= 11 is 5.56. The molecule has 0 N–H and O–H groups in total. The molecule has 0 aliphatic rings. The third-order valence-electron chi connectivity index (χ3n) is 7.34. The Morgan fingerprint density at radius 1 is 0.526 bits per heavy atom. The van der Waals surface area contributed by atoms with Gasteiger partial charge in [-0.25, -0.2) is 0 Å². The van der Waals surface area contributed by atoms with E-state index in [1.807, 2.05) is 0 Å². The van der Waals surface area contributed by atoms with Gasteiger partial charge in [0.2, 0.25) is 0 Å². The van der Waals surface area contributed by atoms with Gasteiger partial charge in [0.15, 0.2) is 0 Å². The van der Waals surface area contributed by atoms with E-state index in [-0.39, 0.29) is 18.6 Å². The summed E-state index contributed by atoms with van der Waals surface area (Å²) in [4.78, 5) is 11.5. The second kappa shape index (κ2) is 32.9. The van der Waals surface area contributed by atoms with Crippen LogP contribution in [-0.2, 0) is 19.0 Å². The highest BCUT2D eigenvalue weighted by atomic mass is 35.5. The fourth-order valence-electron chi connectivity index (χ4n) is 4.82. The standard InChI is InChI=1S/C33H65ClO4/c1-3-5-7-9-11-13-15-17-19-21-23-25-27-36-30-32(31-38-33(35)29-34)37-28-26-24-22-20-18-16-14-12-10-8-6-4-2/h32H,3-31H2,1-2H3. The highest BCUT2D eigenvalue weighted by molar-refractivity contribution is 6.26. The second-order valence-corrected chi connectivity index (χ2v) is 11.4. The Labute approximate surface area is 242 Å². The second-order valence-electron chi connectivity index (χ2n) is 11.2. The first-order valence-electron chi connectivity index (χ1n) is 16.7. The molecule has 38 heavy (non-hydrogen) atoms. The molecule has 0 radical (unpaired) electrons. The molecule has 0 fully saturated rings. The van der Waals surface area contributed by atoms with Crippen LogP contribution in [0.4, 0.5) is 0 Å². The van der Waals surface area contributed by atoms with E-state index < -0.39 is 5.97 Å². The zero-order valence-electron chi connectivity index (χ0n) is 25.6. The minimum atomic E-state index is -0.397. The molecule has 4 nitrogen and oxygen atoms in total. The van der Waals surface area contributed by atoms with Gasteiger partial charge in [0.25, 0.3) is 0 Å². The summed E-state index contributed by atoms with van der Waals surface area (Å²) in [5.41, 5.74) is 0. The third-order valence-corrected chi connectivity index (χ3v) is 7.55. The zero-order valence-corrected chi connectivity index (χ0v) is 26.4. The van der Waals surface area contributed by atoms with Gasteiger partial charge in [0.1, 0.15) is 18.6 Å². The molecule has 0 heterocycles. The Bertz CT molecular complexity index is 460. The van der Waals surface area contributed by atoms with Crippen molar-refractivity contribution in [1.82, 2.24) is 0 Å². The van der Waals surface area contributed by atoms with Crippen LogP contribution in [0.25, 0.3) is 0 Å². The maximum Gasteiger partial charge on any atom is 0.320 e. The molecule has 0 aliphatic carbocycles. The van der Waals surface area contributed by atoms with Crippen LogP contribution in [-0.4, -0.2) is 44.4 Å². The predicted octanol–water partition coefficient (Wildman–Crippen LogP) is 10.6. The molecule has 0 aromatic carbocycles. The van der Waals surface area contributed by atoms with Crippen molar-refractivity contribution in [1.29, 1.82) is 0 Å². The minimum absolute atomic E-state index is 0.120. The third kappa shape index (κ3) is 30.2. The molecule has 0 bridgehead atoms. The van der Waals surface area contributed by atoms with E-state index in [1.165, 1.54) is 141 Å². The quantitative estimate of drug-likeness (QED) is 0.0466. The number of halogens is 1. The molecular formula is C33H65ClO4. The lowest BCUT2D eigenvalue weighted by molar-refractivity contribution is -0.146. The first-order chi connectivity index (χ1) is 18.7. The molecule has 0 amide bonds. The van der Waals surface area contributed by atoms with Crippen LogP contribution >= 0.6 is 11.6 Å². The van der Waals surface area contributed by atoms with Gasteiger partial charge in [-0.3, -0.25) is 4.79 Å². The molecular weight excluding hydrogens is 496 g/mol. The van der Waals surface area contributed by atoms with Gasteiger partial charge >= 0.3 is 5.97 Å². The number of rotatable bonds is 32. The van der Waals surface area contributed by atoms with Crippen LogP contribution in [0.1, 0.15) is 168 Å². The molecule has 5 heteroatoms. The van der Waals surface area contributed by atoms with Crippen LogP contribution in [0.2, 0.25) is 0 Å². The fourth-order valence-corrected chi connectivity index (χ4v) is 4.90. The van der Waals surface area contributed by atoms with E-state index in [4.69, 9.17) is 25.8 Å². The van der Waals surface area contributed by atoms with Crippen molar-refractivity contribution in [2.75, 3.05) is 32.3 Å². The lowest BCUT2D eigenvalue weighted by Crippen LogP contribution is -2.28. The van der Waals surface area contributed by atoms with Crippen LogP contribution < -0.4 is 0 Å². The SMILES string of the molecule is CCCCCCCCCCCCCCOCC(COC(=O)CCl)OCCCCCCCCCCCCCC. The van der Waals surface area contributed by atoms with Crippen molar-refractivity contribution in [2.45, 2.75) is 174 Å². The van der Waals surface area contributed by atoms with Crippen molar-refractivity contribution in [2.24, 2.45) is 0 Å². The van der Waals surface area contributed by atoms with Crippen LogP contribution in [0.3, 0.4) is 0 Å². The maximum atomic E-state index is 11.5. The summed E-state index contributed by atoms with van der Waals surface area (Å²) in [6.45, 7) is 6.70. The average Bonchev–Trinajstić information content (AvgIpc) is 2.93. The topological polar surface area (TPSA) is 44.8 Å². The number of unbranched alkanes of at least 4 members (excludes halogenated alkanes) is 22. The van der Waals surface area contributed by atoms with Gasteiger partial charge in [0.05, 0.1) is 6.61 Å². The molecule has 0 saturated carbocycles. The van der Waals surface area contributed by atoms with Gasteiger partial charge in [-0.05, 0) is 12.8 Å².